The van der Waals surface area contributed by atoms with E-state index in [2.05, 4.69) is 12.4 Å². The number of carboxylic acid groups (broad SMARTS) is 1. The van der Waals surface area contributed by atoms with Crippen LogP contribution in [0.1, 0.15) is 71.1 Å². The lowest BCUT2D eigenvalue weighted by molar-refractivity contribution is -0.137. The van der Waals surface area contributed by atoms with Crippen molar-refractivity contribution in [2.45, 2.75) is 83.3 Å². The highest BCUT2D eigenvalue weighted by Gasteiger charge is 2.44. The smallest absolute Gasteiger partial charge is 0.303 e. The van der Waals surface area contributed by atoms with Crippen LogP contribution in [0.4, 0.5) is 0 Å². The molecule has 154 valence electrons. The Bertz CT molecular complexity index is 531. The Balaban J connectivity index is 1.69. The fourth-order valence-electron chi connectivity index (χ4n) is 3.95. The van der Waals surface area contributed by atoms with Crippen LogP contribution < -0.4 is 5.48 Å². The molecule has 0 heterocycles. The second-order valence-electron chi connectivity index (χ2n) is 7.77. The lowest BCUT2D eigenvalue weighted by atomic mass is 9.79. The second-order valence-corrected chi connectivity index (χ2v) is 7.77. The van der Waals surface area contributed by atoms with Crippen molar-refractivity contribution in [1.29, 1.82) is 0 Å². The maximum absolute atomic E-state index is 10.5. The first kappa shape index (κ1) is 21.9. The van der Waals surface area contributed by atoms with Crippen LogP contribution in [0.2, 0.25) is 0 Å². The minimum atomic E-state index is -0.818. The van der Waals surface area contributed by atoms with Crippen molar-refractivity contribution in [1.82, 2.24) is 5.48 Å². The van der Waals surface area contributed by atoms with Crippen LogP contribution in [0, 0.1) is 11.8 Å². The van der Waals surface area contributed by atoms with Crippen molar-refractivity contribution < 1.29 is 25.0 Å². The summed E-state index contributed by atoms with van der Waals surface area (Å²) in [5, 5.41) is 29.1. The molecule has 4 N–H and O–H groups in total. The quantitative estimate of drug-likeness (QED) is 0.209. The third-order valence-electron chi connectivity index (χ3n) is 5.59. The number of allylic oxidation sites excluding steroid dienone is 1. The van der Waals surface area contributed by atoms with E-state index in [4.69, 9.17) is 9.94 Å². The van der Waals surface area contributed by atoms with Crippen molar-refractivity contribution in [2.24, 2.45) is 11.8 Å². The van der Waals surface area contributed by atoms with E-state index in [-0.39, 0.29) is 12.3 Å². The van der Waals surface area contributed by atoms with Gasteiger partial charge in [0.2, 0.25) is 0 Å². The Labute approximate surface area is 162 Å². The van der Waals surface area contributed by atoms with E-state index in [1.54, 1.807) is 0 Å². The topological polar surface area (TPSA) is 99.0 Å². The Morgan fingerprint density at radius 1 is 1.26 bits per heavy atom. The van der Waals surface area contributed by atoms with Gasteiger partial charge in [0, 0.05) is 18.0 Å². The van der Waals surface area contributed by atoms with Gasteiger partial charge in [-0.15, -0.1) is 0 Å². The van der Waals surface area contributed by atoms with Crippen LogP contribution in [-0.4, -0.2) is 40.1 Å². The summed E-state index contributed by atoms with van der Waals surface area (Å²) in [6.45, 7) is 2.55. The number of aliphatic hydroxyl groups excluding tert-OH is 2. The summed E-state index contributed by atoms with van der Waals surface area (Å²) >= 11 is 0. The van der Waals surface area contributed by atoms with Crippen LogP contribution in [0.5, 0.6) is 0 Å². The van der Waals surface area contributed by atoms with E-state index < -0.39 is 18.2 Å². The molecule has 0 radical (unpaired) electrons. The van der Waals surface area contributed by atoms with Gasteiger partial charge in [-0.1, -0.05) is 51.2 Å². The number of aliphatic carboxylic acids is 1. The van der Waals surface area contributed by atoms with E-state index in [1.807, 2.05) is 12.2 Å². The minimum absolute atomic E-state index is 0.0623. The molecule has 0 aromatic carbocycles. The number of fused-ring (bicyclic) bond motifs is 1. The molecule has 0 aliphatic heterocycles. The first-order valence-electron chi connectivity index (χ1n) is 10.4. The molecule has 0 aromatic rings. The summed E-state index contributed by atoms with van der Waals surface area (Å²) < 4.78 is 0. The van der Waals surface area contributed by atoms with E-state index in [0.29, 0.717) is 25.4 Å². The number of nitrogens with one attached hydrogen (secondary N) is 1. The van der Waals surface area contributed by atoms with Crippen LogP contribution in [0.15, 0.2) is 23.4 Å². The summed E-state index contributed by atoms with van der Waals surface area (Å²) in [4.78, 5) is 15.8. The molecule has 3 unspecified atom stereocenters. The zero-order valence-corrected chi connectivity index (χ0v) is 16.4. The summed E-state index contributed by atoms with van der Waals surface area (Å²) in [5.74, 6) is -0.438. The Morgan fingerprint density at radius 3 is 2.78 bits per heavy atom. The Kier molecular flexibility index (Phi) is 9.31. The predicted molar refractivity (Wildman–Crippen MR) is 104 cm³/mol. The van der Waals surface area contributed by atoms with Gasteiger partial charge in [0.25, 0.3) is 0 Å². The standard InChI is InChI=1S/C21H35NO5/c1-2-3-4-5-6-8-15(23)10-11-16-17-13-19(18(17)14-20(16)24)22-27-12-7-9-21(25)26/h10-11,15-17,20,22-24H,2-9,12-14H2,1H3,(H,25,26)/t15?,16?,17-,20?/m0/s1. The van der Waals surface area contributed by atoms with Gasteiger partial charge in [-0.2, -0.15) is 0 Å². The third kappa shape index (κ3) is 6.94. The summed E-state index contributed by atoms with van der Waals surface area (Å²) in [6.07, 6.45) is 11.7. The molecule has 2 aliphatic rings. The Morgan fingerprint density at radius 2 is 2.04 bits per heavy atom. The number of hydroxylamine groups is 1. The van der Waals surface area contributed by atoms with Gasteiger partial charge < -0.3 is 15.3 Å². The molecule has 2 aliphatic carbocycles. The molecule has 0 spiro atoms. The molecule has 1 saturated carbocycles. The molecule has 0 saturated heterocycles. The van der Waals surface area contributed by atoms with Gasteiger partial charge in [-0.25, -0.2) is 0 Å². The molecule has 0 bridgehead atoms. The Hall–Kier alpha value is -1.37. The average molecular weight is 382 g/mol. The van der Waals surface area contributed by atoms with E-state index >= 15 is 0 Å². The fourth-order valence-corrected chi connectivity index (χ4v) is 3.95. The monoisotopic (exact) mass is 381 g/mol. The van der Waals surface area contributed by atoms with Crippen LogP contribution >= 0.6 is 0 Å². The molecule has 2 rings (SSSR count). The molecule has 1 fully saturated rings. The predicted octanol–water partition coefficient (Wildman–Crippen LogP) is 3.30. The molecule has 27 heavy (non-hydrogen) atoms. The van der Waals surface area contributed by atoms with Gasteiger partial charge in [-0.05, 0) is 37.2 Å². The van der Waals surface area contributed by atoms with Crippen molar-refractivity contribution in [3.05, 3.63) is 23.4 Å². The van der Waals surface area contributed by atoms with Crippen molar-refractivity contribution in [3.63, 3.8) is 0 Å². The first-order chi connectivity index (χ1) is 13.0. The normalized spacial score (nSPS) is 25.5. The maximum atomic E-state index is 10.5. The van der Waals surface area contributed by atoms with E-state index in [0.717, 1.165) is 25.0 Å². The highest BCUT2D eigenvalue weighted by molar-refractivity contribution is 5.66. The maximum Gasteiger partial charge on any atom is 0.303 e. The summed E-state index contributed by atoms with van der Waals surface area (Å²) in [6, 6.07) is 0. The molecular weight excluding hydrogens is 346 g/mol. The van der Waals surface area contributed by atoms with Crippen molar-refractivity contribution in [3.8, 4) is 0 Å². The molecule has 0 aromatic heterocycles. The van der Waals surface area contributed by atoms with E-state index in [9.17, 15) is 15.0 Å². The molecule has 0 amide bonds. The van der Waals surface area contributed by atoms with Crippen LogP contribution in [-0.2, 0) is 9.63 Å². The van der Waals surface area contributed by atoms with Gasteiger partial charge in [-0.3, -0.25) is 15.1 Å². The number of rotatable bonds is 14. The largest absolute Gasteiger partial charge is 0.481 e. The molecule has 4 atom stereocenters. The second kappa shape index (κ2) is 11.5. The highest BCUT2D eigenvalue weighted by atomic mass is 16.6. The fraction of sp³-hybridized carbons (Fsp3) is 0.762. The van der Waals surface area contributed by atoms with Crippen LogP contribution in [0.25, 0.3) is 0 Å². The minimum Gasteiger partial charge on any atom is -0.481 e. The zero-order valence-electron chi connectivity index (χ0n) is 16.4. The SMILES string of the molecule is CCCCCCCC(O)C=CC1C(O)CC2=C(NOCCCC(=O)O)C[C@H]21. The lowest BCUT2D eigenvalue weighted by Crippen LogP contribution is -2.29. The summed E-state index contributed by atoms with van der Waals surface area (Å²) in [7, 11) is 0. The third-order valence-corrected chi connectivity index (χ3v) is 5.59. The van der Waals surface area contributed by atoms with Crippen LogP contribution in [0.3, 0.4) is 0 Å². The number of carboxylic acids is 1. The highest BCUT2D eigenvalue weighted by Crippen LogP contribution is 2.49. The van der Waals surface area contributed by atoms with Gasteiger partial charge in [0.05, 0.1) is 18.8 Å². The number of aliphatic hydroxyl groups is 2. The molecule has 6 heteroatoms. The van der Waals surface area contributed by atoms with Gasteiger partial charge in [0.15, 0.2) is 0 Å². The summed E-state index contributed by atoms with van der Waals surface area (Å²) in [5.41, 5.74) is 5.13. The zero-order chi connectivity index (χ0) is 19.6. The first-order valence-corrected chi connectivity index (χ1v) is 10.4. The molecule has 6 nitrogen and oxygen atoms in total. The van der Waals surface area contributed by atoms with Gasteiger partial charge in [0.1, 0.15) is 0 Å². The van der Waals surface area contributed by atoms with E-state index in [1.165, 1.54) is 31.3 Å². The van der Waals surface area contributed by atoms with Gasteiger partial charge >= 0.3 is 5.97 Å². The van der Waals surface area contributed by atoms with Crippen molar-refractivity contribution >= 4 is 5.97 Å². The number of hydrogen-bond donors (Lipinski definition) is 4. The van der Waals surface area contributed by atoms with Crippen molar-refractivity contribution in [2.75, 3.05) is 6.61 Å². The number of hydrogen-bond acceptors (Lipinski definition) is 5. The lowest BCUT2D eigenvalue weighted by Gasteiger charge is -2.31. The molecular formula is C21H35NO5. The number of carbonyl (C=O) groups is 1. The number of unbranched alkanes of at least 4 members (excludes halogenated alkanes) is 4. The average Bonchev–Trinajstić information content (AvgIpc) is 2.86.